The van der Waals surface area contributed by atoms with Crippen LogP contribution in [0.5, 0.6) is 0 Å². The molecule has 2 heterocycles. The lowest BCUT2D eigenvalue weighted by Gasteiger charge is -2.26. The van der Waals surface area contributed by atoms with Gasteiger partial charge in [-0.1, -0.05) is 0 Å². The summed E-state index contributed by atoms with van der Waals surface area (Å²) in [5, 5.41) is 9.55. The lowest BCUT2D eigenvalue weighted by molar-refractivity contribution is -0.123. The van der Waals surface area contributed by atoms with E-state index < -0.39 is 15.9 Å². The summed E-state index contributed by atoms with van der Waals surface area (Å²) in [5.41, 5.74) is 7.59. The Bertz CT molecular complexity index is 567. The Hall–Kier alpha value is -1.41. The van der Waals surface area contributed by atoms with Crippen LogP contribution in [0, 0.1) is 12.8 Å². The van der Waals surface area contributed by atoms with Crippen molar-refractivity contribution < 1.29 is 13.2 Å². The van der Waals surface area contributed by atoms with Crippen LogP contribution >= 0.6 is 0 Å². The molecule has 20 heavy (non-hydrogen) atoms. The van der Waals surface area contributed by atoms with Crippen molar-refractivity contribution in [2.45, 2.75) is 32.4 Å². The molecular formula is C12H20N4O3S. The molecule has 0 bridgehead atoms. The molecule has 1 aromatic heterocycles. The summed E-state index contributed by atoms with van der Waals surface area (Å²) in [5.74, 6) is -0.0802. The molecule has 1 unspecified atom stereocenters. The number of carbonyl (C=O) groups is 1. The minimum absolute atomic E-state index is 0.0700. The second-order valence-electron chi connectivity index (χ2n) is 5.28. The average molecular weight is 300 g/mol. The summed E-state index contributed by atoms with van der Waals surface area (Å²) in [6.07, 6.45) is 0.914. The number of H-pyrrole nitrogens is 1. The van der Waals surface area contributed by atoms with Gasteiger partial charge in [-0.2, -0.15) is 5.10 Å². The highest BCUT2D eigenvalue weighted by molar-refractivity contribution is 7.91. The van der Waals surface area contributed by atoms with Crippen molar-refractivity contribution >= 4 is 15.7 Å². The third-order valence-electron chi connectivity index (χ3n) is 3.61. The van der Waals surface area contributed by atoms with E-state index >= 15 is 0 Å². The third-order valence-corrected chi connectivity index (χ3v) is 5.33. The zero-order valence-electron chi connectivity index (χ0n) is 11.4. The van der Waals surface area contributed by atoms with Crippen molar-refractivity contribution in [3.05, 3.63) is 17.5 Å². The molecule has 8 heteroatoms. The van der Waals surface area contributed by atoms with Crippen molar-refractivity contribution in [1.29, 1.82) is 0 Å². The van der Waals surface area contributed by atoms with Gasteiger partial charge in [-0.3, -0.25) is 9.89 Å². The Morgan fingerprint density at radius 1 is 1.55 bits per heavy atom. The molecular weight excluding hydrogens is 280 g/mol. The lowest BCUT2D eigenvalue weighted by Crippen LogP contribution is -2.47. The number of hydrogen-bond acceptors (Lipinski definition) is 5. The molecule has 0 spiro atoms. The first-order chi connectivity index (χ1) is 9.37. The lowest BCUT2D eigenvalue weighted by atomic mass is 9.94. The largest absolute Gasteiger partial charge is 0.349 e. The highest BCUT2D eigenvalue weighted by atomic mass is 32.2. The zero-order chi connectivity index (χ0) is 14.8. The molecule has 1 fully saturated rings. The monoisotopic (exact) mass is 300 g/mol. The molecule has 1 amide bonds. The van der Waals surface area contributed by atoms with Crippen LogP contribution in [0.4, 0.5) is 0 Å². The molecule has 0 saturated carbocycles. The Morgan fingerprint density at radius 3 is 2.75 bits per heavy atom. The second-order valence-corrected chi connectivity index (χ2v) is 7.58. The van der Waals surface area contributed by atoms with Crippen LogP contribution in [0.1, 0.15) is 24.2 Å². The smallest absolute Gasteiger partial charge is 0.237 e. The van der Waals surface area contributed by atoms with Crippen molar-refractivity contribution in [1.82, 2.24) is 15.5 Å². The summed E-state index contributed by atoms with van der Waals surface area (Å²) in [4.78, 5) is 12.0. The van der Waals surface area contributed by atoms with Gasteiger partial charge in [0.2, 0.25) is 5.91 Å². The van der Waals surface area contributed by atoms with E-state index in [1.165, 1.54) is 0 Å². The number of nitrogens with two attached hydrogens (primary N) is 1. The van der Waals surface area contributed by atoms with Crippen LogP contribution in [0.15, 0.2) is 6.07 Å². The molecule has 4 N–H and O–H groups in total. The summed E-state index contributed by atoms with van der Waals surface area (Å²) in [6.45, 7) is 2.20. The molecule has 112 valence electrons. The van der Waals surface area contributed by atoms with E-state index in [0.717, 1.165) is 11.4 Å². The van der Waals surface area contributed by atoms with E-state index in [1.807, 2.05) is 13.0 Å². The average Bonchev–Trinajstić information content (AvgIpc) is 2.81. The number of aromatic nitrogens is 2. The zero-order valence-corrected chi connectivity index (χ0v) is 12.2. The fraction of sp³-hybridized carbons (Fsp3) is 0.667. The fourth-order valence-electron chi connectivity index (χ4n) is 2.34. The SMILES string of the molecule is Cc1cc(CNC(=O)C(N)C2CCS(=O)(=O)CC2)n[nH]1. The van der Waals surface area contributed by atoms with Crippen molar-refractivity contribution in [2.24, 2.45) is 11.7 Å². The summed E-state index contributed by atoms with van der Waals surface area (Å²) < 4.78 is 22.7. The summed E-state index contributed by atoms with van der Waals surface area (Å²) >= 11 is 0. The highest BCUT2D eigenvalue weighted by Crippen LogP contribution is 2.21. The first-order valence-electron chi connectivity index (χ1n) is 6.62. The van der Waals surface area contributed by atoms with Crippen LogP contribution in [0.3, 0.4) is 0 Å². The topological polar surface area (TPSA) is 118 Å². The third kappa shape index (κ3) is 3.80. The number of sulfone groups is 1. The first-order valence-corrected chi connectivity index (χ1v) is 8.44. The molecule has 1 aliphatic heterocycles. The standard InChI is InChI=1S/C12H20N4O3S/c1-8-6-10(16-15-8)7-14-12(17)11(13)9-2-4-20(18,19)5-3-9/h6,9,11H,2-5,7,13H2,1H3,(H,14,17)(H,15,16). The number of hydrogen-bond donors (Lipinski definition) is 3. The molecule has 1 saturated heterocycles. The number of carbonyl (C=O) groups excluding carboxylic acids is 1. The molecule has 1 aromatic rings. The Balaban J connectivity index is 1.83. The van der Waals surface area contributed by atoms with E-state index in [1.54, 1.807) is 0 Å². The van der Waals surface area contributed by atoms with Gasteiger partial charge in [0.1, 0.15) is 9.84 Å². The first kappa shape index (κ1) is 15.0. The number of amides is 1. The fourth-order valence-corrected chi connectivity index (χ4v) is 3.87. The number of aromatic amines is 1. The van der Waals surface area contributed by atoms with Gasteiger partial charge in [0.15, 0.2) is 0 Å². The summed E-state index contributed by atoms with van der Waals surface area (Å²) in [6, 6.07) is 1.18. The minimum Gasteiger partial charge on any atom is -0.349 e. The van der Waals surface area contributed by atoms with E-state index in [-0.39, 0.29) is 23.3 Å². The van der Waals surface area contributed by atoms with Crippen molar-refractivity contribution in [3.63, 3.8) is 0 Å². The van der Waals surface area contributed by atoms with Crippen molar-refractivity contribution in [2.75, 3.05) is 11.5 Å². The maximum Gasteiger partial charge on any atom is 0.237 e. The van der Waals surface area contributed by atoms with Gasteiger partial charge < -0.3 is 11.1 Å². The quantitative estimate of drug-likeness (QED) is 0.692. The van der Waals surface area contributed by atoms with E-state index in [4.69, 9.17) is 5.73 Å². The van der Waals surface area contributed by atoms with E-state index in [2.05, 4.69) is 15.5 Å². The second kappa shape index (κ2) is 5.92. The number of aryl methyl sites for hydroxylation is 1. The van der Waals surface area contributed by atoms with Gasteiger partial charge in [-0.25, -0.2) is 8.42 Å². The number of nitrogens with one attached hydrogen (secondary N) is 2. The van der Waals surface area contributed by atoms with Crippen LogP contribution < -0.4 is 11.1 Å². The molecule has 7 nitrogen and oxygen atoms in total. The Morgan fingerprint density at radius 2 is 2.20 bits per heavy atom. The molecule has 1 atom stereocenters. The molecule has 2 rings (SSSR count). The minimum atomic E-state index is -2.93. The van der Waals surface area contributed by atoms with Gasteiger partial charge in [-0.05, 0) is 31.7 Å². The predicted molar refractivity (Wildman–Crippen MR) is 74.5 cm³/mol. The maximum atomic E-state index is 12.0. The molecule has 0 radical (unpaired) electrons. The highest BCUT2D eigenvalue weighted by Gasteiger charge is 2.31. The van der Waals surface area contributed by atoms with E-state index in [0.29, 0.717) is 19.4 Å². The van der Waals surface area contributed by atoms with Gasteiger partial charge in [0.25, 0.3) is 0 Å². The van der Waals surface area contributed by atoms with Crippen molar-refractivity contribution in [3.8, 4) is 0 Å². The van der Waals surface area contributed by atoms with Crippen LogP contribution in [0.25, 0.3) is 0 Å². The maximum absolute atomic E-state index is 12.0. The number of rotatable bonds is 4. The normalized spacial score (nSPS) is 20.5. The van der Waals surface area contributed by atoms with E-state index in [9.17, 15) is 13.2 Å². The predicted octanol–water partition coefficient (Wildman–Crippen LogP) is -0.514. The van der Waals surface area contributed by atoms with Crippen LogP contribution in [0.2, 0.25) is 0 Å². The van der Waals surface area contributed by atoms with Crippen LogP contribution in [-0.4, -0.2) is 42.1 Å². The number of nitrogens with zero attached hydrogens (tertiary/aromatic N) is 1. The Labute approximate surface area is 118 Å². The van der Waals surface area contributed by atoms with Gasteiger partial charge in [0, 0.05) is 5.69 Å². The van der Waals surface area contributed by atoms with Crippen LogP contribution in [-0.2, 0) is 21.2 Å². The summed E-state index contributed by atoms with van der Waals surface area (Å²) in [7, 11) is -2.93. The molecule has 1 aliphatic rings. The Kier molecular flexibility index (Phi) is 4.44. The van der Waals surface area contributed by atoms with Gasteiger partial charge in [0.05, 0.1) is 29.8 Å². The molecule has 0 aliphatic carbocycles. The van der Waals surface area contributed by atoms with Gasteiger partial charge in [-0.15, -0.1) is 0 Å². The molecule has 0 aromatic carbocycles. The van der Waals surface area contributed by atoms with Gasteiger partial charge >= 0.3 is 0 Å².